The van der Waals surface area contributed by atoms with Crippen LogP contribution in [0.25, 0.3) is 5.76 Å². The number of ketones is 1. The molecule has 0 bridgehead atoms. The number of amides is 1. The number of benzene rings is 3. The molecule has 2 heterocycles. The Bertz CT molecular complexity index is 1520. The van der Waals surface area contributed by atoms with Crippen LogP contribution in [0.4, 0.5) is 0 Å². The van der Waals surface area contributed by atoms with Gasteiger partial charge in [0.1, 0.15) is 18.1 Å². The topological polar surface area (TPSA) is 79.7 Å². The highest BCUT2D eigenvalue weighted by atomic mass is 16.5. The molecule has 1 aliphatic heterocycles. The fourth-order valence-electron chi connectivity index (χ4n) is 4.85. The van der Waals surface area contributed by atoms with E-state index in [1.54, 1.807) is 42.7 Å². The van der Waals surface area contributed by atoms with Crippen LogP contribution in [0.15, 0.2) is 109 Å². The molecule has 4 aromatic rings. The van der Waals surface area contributed by atoms with E-state index in [1.165, 1.54) is 4.90 Å². The molecule has 202 valence electrons. The molecular weight excluding hydrogens is 500 g/mol. The van der Waals surface area contributed by atoms with Gasteiger partial charge in [0.05, 0.1) is 11.6 Å². The van der Waals surface area contributed by atoms with Gasteiger partial charge >= 0.3 is 0 Å². The van der Waals surface area contributed by atoms with E-state index < -0.39 is 17.7 Å². The smallest absolute Gasteiger partial charge is 0.295 e. The summed E-state index contributed by atoms with van der Waals surface area (Å²) in [5.74, 6) is -0.952. The molecule has 1 saturated heterocycles. The molecule has 5 rings (SSSR count). The standard InChI is InChI=1S/C34H32N2O4/c1-34(2,3)27-15-11-25(12-16-27)30-29(32(38)33(39)36(30)21-24-10-7-19-35-20-24)31(37)26-13-17-28(18-14-26)40-22-23-8-5-4-6-9-23/h4-20,30,37H,21-22H2,1-3H3/b31-29+. The molecule has 1 amide bonds. The van der Waals surface area contributed by atoms with E-state index in [1.807, 2.05) is 60.7 Å². The minimum absolute atomic E-state index is 0.0552. The second-order valence-corrected chi connectivity index (χ2v) is 11.0. The molecule has 0 aliphatic carbocycles. The number of ether oxygens (including phenoxy) is 1. The van der Waals surface area contributed by atoms with Crippen molar-refractivity contribution in [3.8, 4) is 5.75 Å². The molecular formula is C34H32N2O4. The van der Waals surface area contributed by atoms with Gasteiger partial charge < -0.3 is 14.7 Å². The van der Waals surface area contributed by atoms with Crippen LogP contribution in [-0.4, -0.2) is 26.7 Å². The number of aliphatic hydroxyl groups is 1. The summed E-state index contributed by atoms with van der Waals surface area (Å²) >= 11 is 0. The number of rotatable bonds is 7. The maximum atomic E-state index is 13.4. The van der Waals surface area contributed by atoms with Crippen molar-refractivity contribution in [3.05, 3.63) is 137 Å². The van der Waals surface area contributed by atoms with E-state index in [0.29, 0.717) is 17.9 Å². The Morgan fingerprint density at radius 1 is 0.875 bits per heavy atom. The first kappa shape index (κ1) is 26.9. The third-order valence-corrected chi connectivity index (χ3v) is 7.08. The van der Waals surface area contributed by atoms with Crippen molar-refractivity contribution in [2.24, 2.45) is 0 Å². The molecule has 1 fully saturated rings. The molecule has 0 saturated carbocycles. The largest absolute Gasteiger partial charge is 0.507 e. The number of likely N-dealkylation sites (tertiary alicyclic amines) is 1. The van der Waals surface area contributed by atoms with Crippen LogP contribution in [0.1, 0.15) is 54.6 Å². The van der Waals surface area contributed by atoms with Crippen LogP contribution in [0.2, 0.25) is 0 Å². The van der Waals surface area contributed by atoms with Crippen LogP contribution in [-0.2, 0) is 28.2 Å². The van der Waals surface area contributed by atoms with E-state index in [9.17, 15) is 14.7 Å². The average molecular weight is 533 g/mol. The molecule has 6 heteroatoms. The average Bonchev–Trinajstić information content (AvgIpc) is 3.21. The highest BCUT2D eigenvalue weighted by Crippen LogP contribution is 2.41. The predicted molar refractivity (Wildman–Crippen MR) is 154 cm³/mol. The van der Waals surface area contributed by atoms with Crippen molar-refractivity contribution in [3.63, 3.8) is 0 Å². The van der Waals surface area contributed by atoms with Gasteiger partial charge in [-0.2, -0.15) is 0 Å². The van der Waals surface area contributed by atoms with Crippen molar-refractivity contribution in [2.45, 2.75) is 45.4 Å². The van der Waals surface area contributed by atoms with E-state index in [2.05, 4.69) is 25.8 Å². The first-order chi connectivity index (χ1) is 19.2. The number of hydrogen-bond acceptors (Lipinski definition) is 5. The Hall–Kier alpha value is -4.71. The molecule has 1 unspecified atom stereocenters. The molecule has 0 spiro atoms. The highest BCUT2D eigenvalue weighted by Gasteiger charge is 2.46. The van der Waals surface area contributed by atoms with Gasteiger partial charge in [0.25, 0.3) is 11.7 Å². The van der Waals surface area contributed by atoms with E-state index in [0.717, 1.165) is 22.3 Å². The van der Waals surface area contributed by atoms with Crippen LogP contribution < -0.4 is 4.74 Å². The summed E-state index contributed by atoms with van der Waals surface area (Å²) in [6.07, 6.45) is 3.33. The van der Waals surface area contributed by atoms with Crippen molar-refractivity contribution < 1.29 is 19.4 Å². The Labute approximate surface area is 234 Å². The van der Waals surface area contributed by atoms with Crippen molar-refractivity contribution in [1.82, 2.24) is 9.88 Å². The van der Waals surface area contributed by atoms with Gasteiger partial charge in [0.15, 0.2) is 0 Å². The fraction of sp³-hybridized carbons (Fsp3) is 0.206. The molecule has 40 heavy (non-hydrogen) atoms. The maximum absolute atomic E-state index is 13.4. The number of carbonyl (C=O) groups excluding carboxylic acids is 2. The zero-order chi connectivity index (χ0) is 28.3. The lowest BCUT2D eigenvalue weighted by molar-refractivity contribution is -0.140. The maximum Gasteiger partial charge on any atom is 0.295 e. The number of aromatic nitrogens is 1. The SMILES string of the molecule is CC(C)(C)c1ccc(C2/C(=C(\O)c3ccc(OCc4ccccc4)cc3)C(=O)C(=O)N2Cc2cccnc2)cc1. The van der Waals surface area contributed by atoms with E-state index in [4.69, 9.17) is 4.74 Å². The Morgan fingerprint density at radius 2 is 1.55 bits per heavy atom. The molecule has 0 radical (unpaired) electrons. The van der Waals surface area contributed by atoms with Gasteiger partial charge in [-0.15, -0.1) is 0 Å². The van der Waals surface area contributed by atoms with Gasteiger partial charge in [-0.05, 0) is 58.0 Å². The second kappa shape index (κ2) is 11.2. The van der Waals surface area contributed by atoms with Crippen LogP contribution in [0.5, 0.6) is 5.75 Å². The lowest BCUT2D eigenvalue weighted by atomic mass is 9.85. The first-order valence-corrected chi connectivity index (χ1v) is 13.3. The molecule has 1 aromatic heterocycles. The third-order valence-electron chi connectivity index (χ3n) is 7.08. The minimum Gasteiger partial charge on any atom is -0.507 e. The summed E-state index contributed by atoms with van der Waals surface area (Å²) < 4.78 is 5.87. The van der Waals surface area contributed by atoms with Crippen LogP contribution in [0, 0.1) is 0 Å². The Morgan fingerprint density at radius 3 is 2.17 bits per heavy atom. The molecule has 1 aliphatic rings. The summed E-state index contributed by atoms with van der Waals surface area (Å²) in [4.78, 5) is 32.4. The third kappa shape index (κ3) is 5.66. The number of hydrogen-bond donors (Lipinski definition) is 1. The van der Waals surface area contributed by atoms with Crippen molar-refractivity contribution in [2.75, 3.05) is 0 Å². The Kier molecular flexibility index (Phi) is 7.52. The predicted octanol–water partition coefficient (Wildman–Crippen LogP) is 6.58. The number of carbonyl (C=O) groups is 2. The monoisotopic (exact) mass is 532 g/mol. The molecule has 1 N–H and O–H groups in total. The second-order valence-electron chi connectivity index (χ2n) is 11.0. The number of aliphatic hydroxyl groups excluding tert-OH is 1. The van der Waals surface area contributed by atoms with Gasteiger partial charge in [0.2, 0.25) is 0 Å². The summed E-state index contributed by atoms with van der Waals surface area (Å²) in [7, 11) is 0. The van der Waals surface area contributed by atoms with Gasteiger partial charge in [0, 0.05) is 24.5 Å². The highest BCUT2D eigenvalue weighted by molar-refractivity contribution is 6.46. The van der Waals surface area contributed by atoms with Gasteiger partial charge in [-0.25, -0.2) is 0 Å². The van der Waals surface area contributed by atoms with Gasteiger partial charge in [-0.1, -0.05) is 81.4 Å². The van der Waals surface area contributed by atoms with Crippen LogP contribution >= 0.6 is 0 Å². The lowest BCUT2D eigenvalue weighted by Gasteiger charge is -2.26. The molecule has 1 atom stereocenters. The summed E-state index contributed by atoms with van der Waals surface area (Å²) in [6.45, 7) is 6.99. The van der Waals surface area contributed by atoms with Crippen molar-refractivity contribution >= 4 is 17.4 Å². The molecule has 6 nitrogen and oxygen atoms in total. The zero-order valence-electron chi connectivity index (χ0n) is 22.9. The Balaban J connectivity index is 1.50. The van der Waals surface area contributed by atoms with Crippen molar-refractivity contribution in [1.29, 1.82) is 0 Å². The van der Waals surface area contributed by atoms with Crippen LogP contribution in [0.3, 0.4) is 0 Å². The number of Topliss-reactive ketones (excluding diaryl/α,β-unsaturated/α-hetero) is 1. The summed E-state index contributed by atoms with van der Waals surface area (Å²) in [6, 6.07) is 27.5. The normalized spacial score (nSPS) is 16.8. The summed E-state index contributed by atoms with van der Waals surface area (Å²) in [5, 5.41) is 11.4. The quantitative estimate of drug-likeness (QED) is 0.165. The van der Waals surface area contributed by atoms with Gasteiger partial charge in [-0.3, -0.25) is 14.6 Å². The minimum atomic E-state index is -0.747. The zero-order valence-corrected chi connectivity index (χ0v) is 22.9. The summed E-state index contributed by atoms with van der Waals surface area (Å²) in [5.41, 5.74) is 4.16. The van der Waals surface area contributed by atoms with E-state index in [-0.39, 0.29) is 23.3 Å². The number of nitrogens with zero attached hydrogens (tertiary/aromatic N) is 2. The molecule has 3 aromatic carbocycles. The lowest BCUT2D eigenvalue weighted by Crippen LogP contribution is -2.29. The first-order valence-electron chi connectivity index (χ1n) is 13.3. The van der Waals surface area contributed by atoms with E-state index >= 15 is 0 Å². The number of pyridine rings is 1. The fourth-order valence-corrected chi connectivity index (χ4v) is 4.85.